The van der Waals surface area contributed by atoms with E-state index in [0.717, 1.165) is 5.92 Å². The smallest absolute Gasteiger partial charge is 0.0127 e. The summed E-state index contributed by atoms with van der Waals surface area (Å²) >= 11 is 0. The molecule has 1 aromatic carbocycles. The zero-order valence-corrected chi connectivity index (χ0v) is 8.16. The molecule has 0 saturated heterocycles. The fraction of sp³-hybridized carbons (Fsp3) is 0.385. The number of hydrogen-bond acceptors (Lipinski definition) is 0. The van der Waals surface area contributed by atoms with Crippen molar-refractivity contribution in [2.45, 2.75) is 32.1 Å². The summed E-state index contributed by atoms with van der Waals surface area (Å²) in [5.74, 6) is 0.745. The van der Waals surface area contributed by atoms with Crippen LogP contribution in [0, 0.1) is 0 Å². The zero-order chi connectivity index (χ0) is 9.10. The van der Waals surface area contributed by atoms with Crippen LogP contribution in [0.2, 0.25) is 0 Å². The van der Waals surface area contributed by atoms with E-state index in [2.05, 4.69) is 43.3 Å². The van der Waals surface area contributed by atoms with Crippen LogP contribution < -0.4 is 0 Å². The number of hydrogen-bond donors (Lipinski definition) is 0. The molecule has 0 aromatic heterocycles. The summed E-state index contributed by atoms with van der Waals surface area (Å²) < 4.78 is 0. The highest BCUT2D eigenvalue weighted by atomic mass is 14.2. The summed E-state index contributed by atoms with van der Waals surface area (Å²) in [5.41, 5.74) is 3.15. The van der Waals surface area contributed by atoms with Crippen molar-refractivity contribution in [3.63, 3.8) is 0 Å². The first-order valence-corrected chi connectivity index (χ1v) is 5.13. The van der Waals surface area contributed by atoms with Crippen molar-refractivity contribution >= 4 is 0 Å². The van der Waals surface area contributed by atoms with Crippen LogP contribution in [-0.4, -0.2) is 0 Å². The van der Waals surface area contributed by atoms with E-state index in [1.54, 1.807) is 5.57 Å². The molecule has 1 unspecified atom stereocenters. The Morgan fingerprint density at radius 1 is 1.23 bits per heavy atom. The van der Waals surface area contributed by atoms with Crippen molar-refractivity contribution in [1.82, 2.24) is 0 Å². The third kappa shape index (κ3) is 2.21. The van der Waals surface area contributed by atoms with Gasteiger partial charge in [0.2, 0.25) is 0 Å². The maximum atomic E-state index is 2.34. The maximum absolute atomic E-state index is 2.34. The quantitative estimate of drug-likeness (QED) is 0.604. The van der Waals surface area contributed by atoms with Gasteiger partial charge in [0.25, 0.3) is 0 Å². The number of rotatable bonds is 4. The van der Waals surface area contributed by atoms with E-state index in [1.165, 1.54) is 24.8 Å². The lowest BCUT2D eigenvalue weighted by Gasteiger charge is -2.13. The standard InChI is InChI=1S/C13H16/c1-2-12(10-11-8-9-11)13-6-4-3-5-7-13/h3-8,12H,2,9-10H2,1H3. The molecule has 0 bridgehead atoms. The predicted octanol–water partition coefficient (Wildman–Crippen LogP) is 3.90. The first-order valence-electron chi connectivity index (χ1n) is 5.13. The Morgan fingerprint density at radius 2 is 1.92 bits per heavy atom. The van der Waals surface area contributed by atoms with Gasteiger partial charge >= 0.3 is 0 Å². The topological polar surface area (TPSA) is 0 Å². The molecule has 2 rings (SSSR count). The lowest BCUT2D eigenvalue weighted by atomic mass is 9.92. The van der Waals surface area contributed by atoms with Crippen molar-refractivity contribution in [2.75, 3.05) is 0 Å². The van der Waals surface area contributed by atoms with Crippen LogP contribution >= 0.6 is 0 Å². The zero-order valence-electron chi connectivity index (χ0n) is 8.16. The second kappa shape index (κ2) is 3.78. The molecule has 1 aromatic rings. The minimum Gasteiger partial charge on any atom is -0.0809 e. The molecule has 1 aliphatic rings. The Morgan fingerprint density at radius 3 is 2.46 bits per heavy atom. The second-order valence-electron chi connectivity index (χ2n) is 3.79. The molecule has 68 valence electrons. The van der Waals surface area contributed by atoms with Crippen molar-refractivity contribution in [1.29, 1.82) is 0 Å². The van der Waals surface area contributed by atoms with Gasteiger partial charge in [-0.1, -0.05) is 48.9 Å². The lowest BCUT2D eigenvalue weighted by Crippen LogP contribution is -1.95. The van der Waals surface area contributed by atoms with Crippen LogP contribution in [0.5, 0.6) is 0 Å². The highest BCUT2D eigenvalue weighted by molar-refractivity contribution is 5.27. The Labute approximate surface area is 80.3 Å². The highest BCUT2D eigenvalue weighted by Gasteiger charge is 2.15. The summed E-state index contributed by atoms with van der Waals surface area (Å²) in [7, 11) is 0. The number of benzene rings is 1. The predicted molar refractivity (Wildman–Crippen MR) is 56.8 cm³/mol. The molecule has 0 N–H and O–H groups in total. The van der Waals surface area contributed by atoms with Crippen molar-refractivity contribution < 1.29 is 0 Å². The van der Waals surface area contributed by atoms with Gasteiger partial charge in [-0.2, -0.15) is 0 Å². The molecule has 1 aliphatic carbocycles. The van der Waals surface area contributed by atoms with Gasteiger partial charge in [0.1, 0.15) is 0 Å². The Hall–Kier alpha value is -1.04. The molecule has 0 saturated carbocycles. The van der Waals surface area contributed by atoms with Gasteiger partial charge < -0.3 is 0 Å². The first-order chi connectivity index (χ1) is 6.40. The fourth-order valence-electron chi connectivity index (χ4n) is 1.78. The highest BCUT2D eigenvalue weighted by Crippen LogP contribution is 2.33. The minimum absolute atomic E-state index is 0.745. The largest absolute Gasteiger partial charge is 0.0809 e. The van der Waals surface area contributed by atoms with Crippen LogP contribution in [0.25, 0.3) is 0 Å². The van der Waals surface area contributed by atoms with Crippen LogP contribution in [0.4, 0.5) is 0 Å². The van der Waals surface area contributed by atoms with E-state index < -0.39 is 0 Å². The molecule has 0 aliphatic heterocycles. The summed E-state index contributed by atoms with van der Waals surface area (Å²) in [6.45, 7) is 2.28. The molecule has 0 radical (unpaired) electrons. The summed E-state index contributed by atoms with van der Waals surface area (Å²) in [5, 5.41) is 0. The first kappa shape index (κ1) is 8.55. The molecular formula is C13H16. The van der Waals surface area contributed by atoms with Gasteiger partial charge in [-0.05, 0) is 30.7 Å². The molecule has 0 amide bonds. The van der Waals surface area contributed by atoms with Crippen LogP contribution in [0.1, 0.15) is 37.7 Å². The third-order valence-corrected chi connectivity index (χ3v) is 2.77. The monoisotopic (exact) mass is 172 g/mol. The van der Waals surface area contributed by atoms with E-state index in [9.17, 15) is 0 Å². The normalized spacial score (nSPS) is 16.5. The second-order valence-corrected chi connectivity index (χ2v) is 3.79. The van der Waals surface area contributed by atoms with Gasteiger partial charge in [0.05, 0.1) is 0 Å². The van der Waals surface area contributed by atoms with Gasteiger partial charge in [-0.3, -0.25) is 0 Å². The van der Waals surface area contributed by atoms with Crippen LogP contribution in [0.15, 0.2) is 42.0 Å². The molecule has 1 atom stereocenters. The number of allylic oxidation sites excluding steroid dienone is 2. The molecular weight excluding hydrogens is 156 g/mol. The van der Waals surface area contributed by atoms with Crippen molar-refractivity contribution in [3.05, 3.63) is 47.5 Å². The van der Waals surface area contributed by atoms with E-state index in [-0.39, 0.29) is 0 Å². The molecule has 0 heteroatoms. The Balaban J connectivity index is 2.07. The average Bonchev–Trinajstić information content (AvgIpc) is 2.99. The molecule has 13 heavy (non-hydrogen) atoms. The van der Waals surface area contributed by atoms with E-state index in [1.807, 2.05) is 0 Å². The van der Waals surface area contributed by atoms with Crippen molar-refractivity contribution in [3.8, 4) is 0 Å². The van der Waals surface area contributed by atoms with Gasteiger partial charge in [-0.15, -0.1) is 0 Å². The van der Waals surface area contributed by atoms with Gasteiger partial charge in [0.15, 0.2) is 0 Å². The summed E-state index contributed by atoms with van der Waals surface area (Å²) in [6, 6.07) is 10.9. The van der Waals surface area contributed by atoms with Gasteiger partial charge in [-0.25, -0.2) is 0 Å². The van der Waals surface area contributed by atoms with Crippen LogP contribution in [-0.2, 0) is 0 Å². The Kier molecular flexibility index (Phi) is 2.49. The third-order valence-electron chi connectivity index (χ3n) is 2.77. The lowest BCUT2D eigenvalue weighted by molar-refractivity contribution is 0.663. The molecule has 0 nitrogen and oxygen atoms in total. The maximum Gasteiger partial charge on any atom is -0.0127 e. The molecule has 0 spiro atoms. The van der Waals surface area contributed by atoms with Crippen molar-refractivity contribution in [2.24, 2.45) is 0 Å². The molecule has 0 heterocycles. The SMILES string of the molecule is CCC(CC1=CC1)c1ccccc1. The van der Waals surface area contributed by atoms with Gasteiger partial charge in [0, 0.05) is 0 Å². The average molecular weight is 172 g/mol. The fourth-order valence-corrected chi connectivity index (χ4v) is 1.78. The molecule has 0 fully saturated rings. The summed E-state index contributed by atoms with van der Waals surface area (Å²) in [4.78, 5) is 0. The van der Waals surface area contributed by atoms with Crippen LogP contribution in [0.3, 0.4) is 0 Å². The van der Waals surface area contributed by atoms with E-state index in [0.29, 0.717) is 0 Å². The Bertz CT molecular complexity index is 295. The summed E-state index contributed by atoms with van der Waals surface area (Å²) in [6.07, 6.45) is 6.14. The minimum atomic E-state index is 0.745. The van der Waals surface area contributed by atoms with E-state index >= 15 is 0 Å². The van der Waals surface area contributed by atoms with E-state index in [4.69, 9.17) is 0 Å².